The molecule has 0 atom stereocenters. The number of hydrogen-bond donors (Lipinski definition) is 2. The summed E-state index contributed by atoms with van der Waals surface area (Å²) in [5, 5.41) is 0. The number of benzene rings is 2. The fraction of sp³-hybridized carbons (Fsp3) is 0.125. The lowest BCUT2D eigenvalue weighted by Gasteiger charge is -2.32. The van der Waals surface area contributed by atoms with Gasteiger partial charge in [0.2, 0.25) is 0 Å². The predicted octanol–water partition coefficient (Wildman–Crippen LogP) is -0.401. The van der Waals surface area contributed by atoms with Crippen LogP contribution in [0, 0.1) is 0 Å². The molecule has 0 unspecified atom stereocenters. The van der Waals surface area contributed by atoms with E-state index in [0.717, 1.165) is 0 Å². The first-order chi connectivity index (χ1) is 13.0. The number of piperazine rings is 1. The summed E-state index contributed by atoms with van der Waals surface area (Å²) >= 11 is 0. The molecule has 2 aromatic rings. The number of nitrogens with zero attached hydrogens (tertiary/aromatic N) is 2. The summed E-state index contributed by atoms with van der Waals surface area (Å²) in [7, 11) is -8.66. The van der Waals surface area contributed by atoms with E-state index in [-0.39, 0.29) is 9.79 Å². The molecule has 0 radical (unpaired) electrons. The SMILES string of the molecule is Nc1ccc(S(=O)(=O)N2CC(=O)N(S(=O)(=O)c3ccc(N)cc3)CC2=O)cc1. The van der Waals surface area contributed by atoms with Crippen LogP contribution in [0.25, 0.3) is 0 Å². The number of nitrogen functional groups attached to an aromatic ring is 2. The zero-order valence-electron chi connectivity index (χ0n) is 14.3. The Bertz CT molecular complexity index is 1050. The molecule has 148 valence electrons. The molecule has 4 N–H and O–H groups in total. The van der Waals surface area contributed by atoms with Crippen LogP contribution in [0.2, 0.25) is 0 Å². The van der Waals surface area contributed by atoms with Gasteiger partial charge in [0.05, 0.1) is 9.79 Å². The highest BCUT2D eigenvalue weighted by atomic mass is 32.2. The van der Waals surface area contributed by atoms with Gasteiger partial charge in [0.1, 0.15) is 13.1 Å². The molecule has 12 heteroatoms. The van der Waals surface area contributed by atoms with E-state index in [4.69, 9.17) is 11.5 Å². The van der Waals surface area contributed by atoms with Crippen molar-refractivity contribution in [2.24, 2.45) is 0 Å². The summed E-state index contributed by atoms with van der Waals surface area (Å²) in [6.07, 6.45) is 0. The van der Waals surface area contributed by atoms with Crippen LogP contribution in [0.15, 0.2) is 58.3 Å². The zero-order valence-corrected chi connectivity index (χ0v) is 16.0. The van der Waals surface area contributed by atoms with Crippen LogP contribution < -0.4 is 11.5 Å². The van der Waals surface area contributed by atoms with Crippen molar-refractivity contribution in [1.82, 2.24) is 8.61 Å². The lowest BCUT2D eigenvalue weighted by Crippen LogP contribution is -2.56. The maximum Gasteiger partial charge on any atom is 0.267 e. The molecule has 2 amide bonds. The van der Waals surface area contributed by atoms with Crippen LogP contribution >= 0.6 is 0 Å². The number of rotatable bonds is 4. The zero-order chi connectivity index (χ0) is 20.7. The molecule has 0 aromatic heterocycles. The molecule has 0 spiro atoms. The summed E-state index contributed by atoms with van der Waals surface area (Å²) in [4.78, 5) is 24.3. The van der Waals surface area contributed by atoms with E-state index in [1.807, 2.05) is 0 Å². The van der Waals surface area contributed by atoms with E-state index >= 15 is 0 Å². The van der Waals surface area contributed by atoms with Gasteiger partial charge in [0, 0.05) is 11.4 Å². The van der Waals surface area contributed by atoms with Crippen LogP contribution in [0.3, 0.4) is 0 Å². The molecule has 1 aliphatic rings. The van der Waals surface area contributed by atoms with Crippen LogP contribution in [-0.4, -0.2) is 50.3 Å². The largest absolute Gasteiger partial charge is 0.399 e. The summed E-state index contributed by atoms with van der Waals surface area (Å²) in [6.45, 7) is -1.86. The van der Waals surface area contributed by atoms with E-state index in [1.165, 1.54) is 48.5 Å². The van der Waals surface area contributed by atoms with Crippen molar-refractivity contribution >= 4 is 43.2 Å². The molecule has 0 aliphatic carbocycles. The van der Waals surface area contributed by atoms with Gasteiger partial charge in [-0.05, 0) is 48.5 Å². The van der Waals surface area contributed by atoms with Gasteiger partial charge >= 0.3 is 0 Å². The molecule has 1 fully saturated rings. The van der Waals surface area contributed by atoms with E-state index in [1.54, 1.807) is 0 Å². The predicted molar refractivity (Wildman–Crippen MR) is 99.5 cm³/mol. The Morgan fingerprint density at radius 2 is 0.893 bits per heavy atom. The Balaban J connectivity index is 1.90. The third kappa shape index (κ3) is 3.39. The average molecular weight is 424 g/mol. The van der Waals surface area contributed by atoms with E-state index in [2.05, 4.69) is 0 Å². The van der Waals surface area contributed by atoms with Gasteiger partial charge in [-0.1, -0.05) is 0 Å². The molecule has 10 nitrogen and oxygen atoms in total. The molecular formula is C16H16N4O6S2. The Kier molecular flexibility index (Phi) is 4.77. The standard InChI is InChI=1S/C16H16N4O6S2/c17-11-1-5-13(6-2-11)27(23,24)19-9-16(22)20(10-15(19)21)28(25,26)14-7-3-12(18)4-8-14/h1-8H,9-10,17-18H2. The molecule has 0 saturated carbocycles. The Morgan fingerprint density at radius 3 is 1.18 bits per heavy atom. The highest BCUT2D eigenvalue weighted by Gasteiger charge is 2.42. The summed E-state index contributed by atoms with van der Waals surface area (Å²) in [6, 6.07) is 10.1. The van der Waals surface area contributed by atoms with Gasteiger partial charge in [-0.25, -0.2) is 25.4 Å². The maximum atomic E-state index is 12.6. The summed E-state index contributed by atoms with van der Waals surface area (Å²) in [5.41, 5.74) is 11.7. The first-order valence-electron chi connectivity index (χ1n) is 7.86. The summed E-state index contributed by atoms with van der Waals surface area (Å²) in [5.74, 6) is -2.09. The number of amides is 2. The lowest BCUT2D eigenvalue weighted by molar-refractivity contribution is -0.141. The third-order valence-electron chi connectivity index (χ3n) is 4.05. The van der Waals surface area contributed by atoms with Gasteiger partial charge in [0.15, 0.2) is 0 Å². The molecule has 1 saturated heterocycles. The normalized spacial score (nSPS) is 15.7. The summed E-state index contributed by atoms with van der Waals surface area (Å²) < 4.78 is 51.3. The Labute approximate surface area is 161 Å². The monoisotopic (exact) mass is 424 g/mol. The second-order valence-corrected chi connectivity index (χ2v) is 9.67. The molecule has 28 heavy (non-hydrogen) atoms. The van der Waals surface area contributed by atoms with E-state index < -0.39 is 45.0 Å². The maximum absolute atomic E-state index is 12.6. The van der Waals surface area contributed by atoms with Gasteiger partial charge < -0.3 is 11.5 Å². The van der Waals surface area contributed by atoms with Crippen molar-refractivity contribution in [2.45, 2.75) is 9.79 Å². The minimum absolute atomic E-state index is 0.238. The second kappa shape index (κ2) is 6.80. The number of sulfonamides is 2. The van der Waals surface area contributed by atoms with Gasteiger partial charge in [-0.2, -0.15) is 0 Å². The number of nitrogens with two attached hydrogens (primary N) is 2. The quantitative estimate of drug-likeness (QED) is 0.627. The van der Waals surface area contributed by atoms with E-state index in [0.29, 0.717) is 20.0 Å². The molecular weight excluding hydrogens is 408 g/mol. The smallest absolute Gasteiger partial charge is 0.267 e. The van der Waals surface area contributed by atoms with Crippen LogP contribution in [0.4, 0.5) is 11.4 Å². The molecule has 3 rings (SSSR count). The second-order valence-electron chi connectivity index (χ2n) is 5.95. The van der Waals surface area contributed by atoms with Gasteiger partial charge in [0.25, 0.3) is 31.9 Å². The molecule has 2 aromatic carbocycles. The van der Waals surface area contributed by atoms with Gasteiger partial charge in [-0.15, -0.1) is 0 Å². The average Bonchev–Trinajstić information content (AvgIpc) is 2.63. The van der Waals surface area contributed by atoms with Crippen molar-refractivity contribution in [2.75, 3.05) is 24.6 Å². The highest BCUT2D eigenvalue weighted by Crippen LogP contribution is 2.24. The first-order valence-corrected chi connectivity index (χ1v) is 10.7. The van der Waals surface area contributed by atoms with Crippen LogP contribution in [0.5, 0.6) is 0 Å². The molecule has 1 aliphatic heterocycles. The highest BCUT2D eigenvalue weighted by molar-refractivity contribution is 7.90. The molecule has 1 heterocycles. The fourth-order valence-corrected chi connectivity index (χ4v) is 5.23. The van der Waals surface area contributed by atoms with Gasteiger partial charge in [-0.3, -0.25) is 9.59 Å². The van der Waals surface area contributed by atoms with Crippen molar-refractivity contribution in [3.8, 4) is 0 Å². The molecule has 0 bridgehead atoms. The minimum atomic E-state index is -4.33. The van der Waals surface area contributed by atoms with Crippen LogP contribution in [0.1, 0.15) is 0 Å². The van der Waals surface area contributed by atoms with Crippen molar-refractivity contribution in [3.63, 3.8) is 0 Å². The minimum Gasteiger partial charge on any atom is -0.399 e. The van der Waals surface area contributed by atoms with Crippen molar-refractivity contribution < 1.29 is 26.4 Å². The Hall–Kier alpha value is -3.12. The van der Waals surface area contributed by atoms with Crippen molar-refractivity contribution in [3.05, 3.63) is 48.5 Å². The third-order valence-corrected chi connectivity index (χ3v) is 7.61. The van der Waals surface area contributed by atoms with E-state index in [9.17, 15) is 26.4 Å². The number of carbonyl (C=O) groups excluding carboxylic acids is 2. The number of anilines is 2. The number of hydrogen-bond acceptors (Lipinski definition) is 8. The topological polar surface area (TPSA) is 161 Å². The van der Waals surface area contributed by atoms with Crippen LogP contribution in [-0.2, 0) is 29.6 Å². The number of carbonyl (C=O) groups is 2. The first kappa shape index (κ1) is 19.6. The van der Waals surface area contributed by atoms with Crippen molar-refractivity contribution in [1.29, 1.82) is 0 Å². The fourth-order valence-electron chi connectivity index (χ4n) is 2.55. The Morgan fingerprint density at radius 1 is 0.607 bits per heavy atom. The lowest BCUT2D eigenvalue weighted by atomic mass is 10.3.